The van der Waals surface area contributed by atoms with Gasteiger partial charge >= 0.3 is 6.09 Å². The molecule has 1 aliphatic rings. The smallest absolute Gasteiger partial charge is 0.414 e. The van der Waals surface area contributed by atoms with E-state index < -0.39 is 0 Å². The van der Waals surface area contributed by atoms with Crippen molar-refractivity contribution >= 4 is 6.09 Å². The molecule has 0 heterocycles. The average molecular weight is 197 g/mol. The maximum atomic E-state index is 11.5. The van der Waals surface area contributed by atoms with Crippen LogP contribution in [-0.4, -0.2) is 23.6 Å². The van der Waals surface area contributed by atoms with Gasteiger partial charge < -0.3 is 4.74 Å². The van der Waals surface area contributed by atoms with Crippen molar-refractivity contribution in [3.05, 3.63) is 12.8 Å². The zero-order chi connectivity index (χ0) is 10.4. The molecule has 0 N–H and O–H groups in total. The van der Waals surface area contributed by atoms with Gasteiger partial charge in [0.2, 0.25) is 0 Å². The van der Waals surface area contributed by atoms with Crippen LogP contribution in [0.2, 0.25) is 0 Å². The second-order valence-corrected chi connectivity index (χ2v) is 3.58. The highest BCUT2D eigenvalue weighted by Crippen LogP contribution is 2.23. The average Bonchev–Trinajstić information content (AvgIpc) is 2.21. The van der Waals surface area contributed by atoms with Crippen molar-refractivity contribution in [1.29, 1.82) is 0 Å². The van der Waals surface area contributed by atoms with E-state index >= 15 is 0 Å². The third-order valence-corrected chi connectivity index (χ3v) is 2.64. The molecule has 0 unspecified atom stereocenters. The summed E-state index contributed by atoms with van der Waals surface area (Å²) in [6, 6.07) is 0.306. The van der Waals surface area contributed by atoms with Crippen LogP contribution in [0.4, 0.5) is 4.79 Å². The Balaban J connectivity index is 2.50. The molecule has 0 aromatic heterocycles. The van der Waals surface area contributed by atoms with Crippen molar-refractivity contribution in [3.63, 3.8) is 0 Å². The number of nitrogens with zero attached hydrogens (tertiary/aromatic N) is 1. The first-order chi connectivity index (χ1) is 6.79. The van der Waals surface area contributed by atoms with Gasteiger partial charge in [0.1, 0.15) is 0 Å². The lowest BCUT2D eigenvalue weighted by atomic mass is 9.95. The Bertz CT molecular complexity index is 197. The summed E-state index contributed by atoms with van der Waals surface area (Å²) in [5.74, 6) is 0. The molecule has 0 spiro atoms. The molecule has 0 atom stereocenters. The van der Waals surface area contributed by atoms with Crippen molar-refractivity contribution in [2.45, 2.75) is 45.1 Å². The van der Waals surface area contributed by atoms with E-state index in [1.165, 1.54) is 19.3 Å². The van der Waals surface area contributed by atoms with Crippen LogP contribution in [-0.2, 0) is 4.74 Å². The number of hydrogen-bond acceptors (Lipinski definition) is 2. The first kappa shape index (κ1) is 11.1. The van der Waals surface area contributed by atoms with Gasteiger partial charge in [-0.05, 0) is 19.8 Å². The van der Waals surface area contributed by atoms with E-state index in [1.54, 1.807) is 11.1 Å². The van der Waals surface area contributed by atoms with Crippen LogP contribution in [0, 0.1) is 0 Å². The van der Waals surface area contributed by atoms with Crippen molar-refractivity contribution in [2.75, 3.05) is 6.61 Å². The van der Waals surface area contributed by atoms with E-state index in [4.69, 9.17) is 4.74 Å². The minimum Gasteiger partial charge on any atom is -0.449 e. The molecule has 1 fully saturated rings. The van der Waals surface area contributed by atoms with E-state index in [0.29, 0.717) is 12.6 Å². The number of hydrogen-bond donors (Lipinski definition) is 0. The molecule has 0 aromatic carbocycles. The summed E-state index contributed by atoms with van der Waals surface area (Å²) in [5, 5.41) is 0. The third kappa shape index (κ3) is 2.76. The van der Waals surface area contributed by atoms with Gasteiger partial charge in [-0.15, -0.1) is 0 Å². The summed E-state index contributed by atoms with van der Waals surface area (Å²) in [6.07, 6.45) is 7.17. The number of ether oxygens (including phenoxy) is 1. The highest BCUT2D eigenvalue weighted by atomic mass is 16.6. The largest absolute Gasteiger partial charge is 0.449 e. The number of amides is 1. The van der Waals surface area contributed by atoms with Crippen molar-refractivity contribution in [2.24, 2.45) is 0 Å². The predicted molar refractivity (Wildman–Crippen MR) is 55.9 cm³/mol. The first-order valence-corrected chi connectivity index (χ1v) is 5.37. The molecule has 0 bridgehead atoms. The van der Waals surface area contributed by atoms with Crippen LogP contribution in [0.15, 0.2) is 12.8 Å². The van der Waals surface area contributed by atoms with Crippen LogP contribution >= 0.6 is 0 Å². The minimum atomic E-state index is -0.255. The standard InChI is InChI=1S/C11H19NO2/c1-3-12(11(13)14-4-2)10-8-6-5-7-9-10/h3,10H,1,4-9H2,2H3. The van der Waals surface area contributed by atoms with E-state index in [-0.39, 0.29) is 6.09 Å². The molecular weight excluding hydrogens is 178 g/mol. The Labute approximate surface area is 85.7 Å². The quantitative estimate of drug-likeness (QED) is 0.696. The van der Waals surface area contributed by atoms with Crippen LogP contribution in [0.3, 0.4) is 0 Å². The highest BCUT2D eigenvalue weighted by Gasteiger charge is 2.23. The monoisotopic (exact) mass is 197 g/mol. The van der Waals surface area contributed by atoms with Crippen LogP contribution in [0.1, 0.15) is 39.0 Å². The fraction of sp³-hybridized carbons (Fsp3) is 0.727. The zero-order valence-electron chi connectivity index (χ0n) is 8.87. The molecule has 14 heavy (non-hydrogen) atoms. The summed E-state index contributed by atoms with van der Waals surface area (Å²) < 4.78 is 4.96. The lowest BCUT2D eigenvalue weighted by Gasteiger charge is -2.30. The molecule has 0 aliphatic heterocycles. The first-order valence-electron chi connectivity index (χ1n) is 5.37. The number of carbonyl (C=O) groups excluding carboxylic acids is 1. The SMILES string of the molecule is C=CN(C(=O)OCC)C1CCCCC1. The van der Waals surface area contributed by atoms with Gasteiger partial charge in [0.05, 0.1) is 6.61 Å². The van der Waals surface area contributed by atoms with Crippen molar-refractivity contribution in [3.8, 4) is 0 Å². The Hall–Kier alpha value is -0.990. The number of carbonyl (C=O) groups is 1. The minimum absolute atomic E-state index is 0.255. The van der Waals surface area contributed by atoms with Crippen LogP contribution < -0.4 is 0 Å². The maximum Gasteiger partial charge on any atom is 0.414 e. The van der Waals surface area contributed by atoms with Gasteiger partial charge in [0, 0.05) is 12.2 Å². The summed E-state index contributed by atoms with van der Waals surface area (Å²) in [5.41, 5.74) is 0. The lowest BCUT2D eigenvalue weighted by molar-refractivity contribution is 0.102. The molecule has 1 aliphatic carbocycles. The van der Waals surface area contributed by atoms with E-state index in [2.05, 4.69) is 6.58 Å². The molecule has 1 saturated carbocycles. The summed E-state index contributed by atoms with van der Waals surface area (Å²) in [7, 11) is 0. The maximum absolute atomic E-state index is 11.5. The Morgan fingerprint density at radius 1 is 1.50 bits per heavy atom. The Morgan fingerprint density at radius 2 is 2.14 bits per heavy atom. The van der Waals surface area contributed by atoms with Gasteiger partial charge in [-0.3, -0.25) is 4.90 Å². The topological polar surface area (TPSA) is 29.5 Å². The molecule has 1 amide bonds. The summed E-state index contributed by atoms with van der Waals surface area (Å²) in [6.45, 7) is 5.91. The van der Waals surface area contributed by atoms with E-state index in [9.17, 15) is 4.79 Å². The van der Waals surface area contributed by atoms with Gasteiger partial charge in [-0.1, -0.05) is 25.8 Å². The molecule has 0 saturated heterocycles. The molecule has 3 nitrogen and oxygen atoms in total. The summed E-state index contributed by atoms with van der Waals surface area (Å²) >= 11 is 0. The predicted octanol–water partition coefficient (Wildman–Crippen LogP) is 2.92. The summed E-state index contributed by atoms with van der Waals surface area (Å²) in [4.78, 5) is 13.1. The van der Waals surface area contributed by atoms with Crippen molar-refractivity contribution < 1.29 is 9.53 Å². The van der Waals surface area contributed by atoms with E-state index in [1.807, 2.05) is 6.92 Å². The highest BCUT2D eigenvalue weighted by molar-refractivity contribution is 5.69. The number of rotatable bonds is 3. The fourth-order valence-corrected chi connectivity index (χ4v) is 1.93. The molecule has 3 heteroatoms. The van der Waals surface area contributed by atoms with Crippen LogP contribution in [0.25, 0.3) is 0 Å². The normalized spacial score (nSPS) is 17.5. The molecular formula is C11H19NO2. The third-order valence-electron chi connectivity index (χ3n) is 2.64. The second kappa shape index (κ2) is 5.68. The Kier molecular flexibility index (Phi) is 4.50. The second-order valence-electron chi connectivity index (χ2n) is 3.58. The van der Waals surface area contributed by atoms with Gasteiger partial charge in [0.25, 0.3) is 0 Å². The Morgan fingerprint density at radius 3 is 2.64 bits per heavy atom. The van der Waals surface area contributed by atoms with E-state index in [0.717, 1.165) is 12.8 Å². The molecule has 0 radical (unpaired) electrons. The molecule has 80 valence electrons. The van der Waals surface area contributed by atoms with Crippen molar-refractivity contribution in [1.82, 2.24) is 4.90 Å². The molecule has 0 aromatic rings. The fourth-order valence-electron chi connectivity index (χ4n) is 1.93. The molecule has 1 rings (SSSR count). The lowest BCUT2D eigenvalue weighted by Crippen LogP contribution is -2.37. The van der Waals surface area contributed by atoms with Gasteiger partial charge in [0.15, 0.2) is 0 Å². The zero-order valence-corrected chi connectivity index (χ0v) is 8.87. The van der Waals surface area contributed by atoms with Crippen LogP contribution in [0.5, 0.6) is 0 Å². The van der Waals surface area contributed by atoms with Gasteiger partial charge in [-0.25, -0.2) is 4.79 Å². The van der Waals surface area contributed by atoms with Gasteiger partial charge in [-0.2, -0.15) is 0 Å².